The Hall–Kier alpha value is -2.33. The highest BCUT2D eigenvalue weighted by atomic mass is 16.2. The van der Waals surface area contributed by atoms with E-state index in [4.69, 9.17) is 0 Å². The van der Waals surface area contributed by atoms with E-state index in [1.54, 1.807) is 6.20 Å². The van der Waals surface area contributed by atoms with Gasteiger partial charge in [-0.15, -0.1) is 0 Å². The predicted molar refractivity (Wildman–Crippen MR) is 130 cm³/mol. The van der Waals surface area contributed by atoms with Crippen molar-refractivity contribution in [1.82, 2.24) is 10.2 Å². The number of hydrogen-bond acceptors (Lipinski definition) is 3. The molecule has 4 nitrogen and oxygen atoms in total. The monoisotopic (exact) mass is 419 g/mol. The molecule has 0 spiro atoms. The van der Waals surface area contributed by atoms with Gasteiger partial charge in [-0.2, -0.15) is 0 Å². The van der Waals surface area contributed by atoms with Gasteiger partial charge in [-0.3, -0.25) is 9.69 Å². The third-order valence-electron chi connectivity index (χ3n) is 7.92. The second kappa shape index (κ2) is 8.31. The summed E-state index contributed by atoms with van der Waals surface area (Å²) in [5.74, 6) is 1.24. The zero-order chi connectivity index (χ0) is 22.3. The first-order valence-corrected chi connectivity index (χ1v) is 11.8. The third-order valence-corrected chi connectivity index (χ3v) is 7.92. The van der Waals surface area contributed by atoms with E-state index >= 15 is 0 Å². The van der Waals surface area contributed by atoms with E-state index in [1.165, 1.54) is 24.0 Å². The van der Waals surface area contributed by atoms with E-state index in [9.17, 15) is 4.79 Å². The van der Waals surface area contributed by atoms with Crippen molar-refractivity contribution in [1.29, 1.82) is 0 Å². The van der Waals surface area contributed by atoms with Crippen molar-refractivity contribution in [3.05, 3.63) is 60.5 Å². The lowest BCUT2D eigenvalue weighted by molar-refractivity contribution is -0.113. The van der Waals surface area contributed by atoms with Crippen LogP contribution in [0.5, 0.6) is 0 Å². The number of piperidine rings is 1. The molecule has 0 saturated carbocycles. The lowest BCUT2D eigenvalue weighted by atomic mass is 9.70. The molecule has 3 atom stereocenters. The van der Waals surface area contributed by atoms with E-state index in [1.807, 2.05) is 4.90 Å². The van der Waals surface area contributed by atoms with Gasteiger partial charge in [0.1, 0.15) is 0 Å². The highest BCUT2D eigenvalue weighted by Gasteiger charge is 2.48. The lowest BCUT2D eigenvalue weighted by Gasteiger charge is -2.50. The largest absolute Gasteiger partial charge is 0.366 e. The van der Waals surface area contributed by atoms with Gasteiger partial charge in [0.15, 0.2) is 0 Å². The molecule has 1 aromatic carbocycles. The van der Waals surface area contributed by atoms with Gasteiger partial charge in [-0.1, -0.05) is 45.2 Å². The molecule has 1 saturated heterocycles. The van der Waals surface area contributed by atoms with Gasteiger partial charge >= 0.3 is 0 Å². The number of likely N-dealkylation sites (tertiary alicyclic amines) is 1. The molecule has 1 amide bonds. The maximum atomic E-state index is 13.6. The van der Waals surface area contributed by atoms with Crippen LogP contribution in [-0.2, 0) is 10.3 Å². The number of allylic oxidation sites excluding steroid dienone is 1. The summed E-state index contributed by atoms with van der Waals surface area (Å²) in [4.78, 5) is 18.2. The first kappa shape index (κ1) is 21.9. The van der Waals surface area contributed by atoms with Crippen molar-refractivity contribution in [2.24, 2.45) is 11.8 Å². The summed E-state index contributed by atoms with van der Waals surface area (Å²) < 4.78 is 0. The maximum absolute atomic E-state index is 13.6. The van der Waals surface area contributed by atoms with Crippen molar-refractivity contribution >= 4 is 17.2 Å². The van der Waals surface area contributed by atoms with Crippen molar-refractivity contribution < 1.29 is 4.79 Å². The highest BCUT2D eigenvalue weighted by Crippen LogP contribution is 2.52. The minimum absolute atomic E-state index is 0.0727. The number of nitrogens with one attached hydrogen (secondary N) is 1. The minimum atomic E-state index is -0.0727. The quantitative estimate of drug-likeness (QED) is 0.640. The number of amides is 1. The Labute approximate surface area is 187 Å². The SMILES string of the molecule is C=CNC(=C)CCC(C)N1C(=O)C2=CC(C)C(C)(N3CCC(C)CC3)c3cccc1c32. The first-order chi connectivity index (χ1) is 14.8. The Morgan fingerprint density at radius 3 is 2.71 bits per heavy atom. The first-order valence-electron chi connectivity index (χ1n) is 11.8. The fourth-order valence-corrected chi connectivity index (χ4v) is 5.70. The molecule has 0 bridgehead atoms. The standard InChI is InChI=1S/C27H37N3O/c1-7-28-20(4)11-12-21(5)30-24-10-8-9-23-25(24)22(26(30)31)17-19(3)27(23,6)29-15-13-18(2)14-16-29/h7-10,17-19,21,28H,1,4,11-16H2,2-3,5-6H3. The Morgan fingerprint density at radius 2 is 2.03 bits per heavy atom. The molecule has 0 aromatic heterocycles. The van der Waals surface area contributed by atoms with E-state index in [-0.39, 0.29) is 23.4 Å². The summed E-state index contributed by atoms with van der Waals surface area (Å²) in [6, 6.07) is 6.63. The molecule has 0 radical (unpaired) electrons. The van der Waals surface area contributed by atoms with Crippen LogP contribution in [0.25, 0.3) is 5.57 Å². The smallest absolute Gasteiger partial charge is 0.258 e. The van der Waals surface area contributed by atoms with Gasteiger partial charge in [0.05, 0.1) is 5.69 Å². The molecule has 31 heavy (non-hydrogen) atoms. The number of hydrogen-bond donors (Lipinski definition) is 1. The van der Waals surface area contributed by atoms with Crippen LogP contribution < -0.4 is 10.2 Å². The molecule has 2 aliphatic heterocycles. The second-order valence-electron chi connectivity index (χ2n) is 9.90. The number of rotatable bonds is 7. The van der Waals surface area contributed by atoms with Crippen molar-refractivity contribution in [3.63, 3.8) is 0 Å². The molecule has 1 aromatic rings. The van der Waals surface area contributed by atoms with Gasteiger partial charge in [0, 0.05) is 28.4 Å². The van der Waals surface area contributed by atoms with Gasteiger partial charge in [-0.25, -0.2) is 0 Å². The van der Waals surface area contributed by atoms with Crippen LogP contribution in [0.4, 0.5) is 5.69 Å². The summed E-state index contributed by atoms with van der Waals surface area (Å²) in [5.41, 5.74) is 5.33. The molecule has 4 heteroatoms. The maximum Gasteiger partial charge on any atom is 0.258 e. The Bertz CT molecular complexity index is 924. The molecule has 4 rings (SSSR count). The summed E-state index contributed by atoms with van der Waals surface area (Å²) >= 11 is 0. The number of anilines is 1. The van der Waals surface area contributed by atoms with Crippen LogP contribution in [-0.4, -0.2) is 29.9 Å². The molecule has 3 aliphatic rings. The van der Waals surface area contributed by atoms with Gasteiger partial charge in [0.2, 0.25) is 0 Å². The Balaban J connectivity index is 1.68. The second-order valence-corrected chi connectivity index (χ2v) is 9.90. The van der Waals surface area contributed by atoms with E-state index < -0.39 is 0 Å². The number of carbonyl (C=O) groups excluding carboxylic acids is 1. The van der Waals surface area contributed by atoms with Gasteiger partial charge in [0.25, 0.3) is 5.91 Å². The van der Waals surface area contributed by atoms with E-state index in [0.29, 0.717) is 0 Å². The Kier molecular flexibility index (Phi) is 5.87. The van der Waals surface area contributed by atoms with Gasteiger partial charge in [-0.05, 0) is 82.3 Å². The zero-order valence-corrected chi connectivity index (χ0v) is 19.6. The number of benzene rings is 1. The fourth-order valence-electron chi connectivity index (χ4n) is 5.70. The van der Waals surface area contributed by atoms with Crippen molar-refractivity contribution in [2.45, 2.75) is 65.0 Å². The number of nitrogens with zero attached hydrogens (tertiary/aromatic N) is 2. The topological polar surface area (TPSA) is 35.6 Å². The predicted octanol–water partition coefficient (Wildman–Crippen LogP) is 5.43. The van der Waals surface area contributed by atoms with Gasteiger partial charge < -0.3 is 10.2 Å². The van der Waals surface area contributed by atoms with Crippen molar-refractivity contribution in [2.75, 3.05) is 18.0 Å². The fraction of sp³-hybridized carbons (Fsp3) is 0.519. The normalized spacial score (nSPS) is 27.0. The molecule has 3 unspecified atom stereocenters. The van der Waals surface area contributed by atoms with Crippen LogP contribution in [0.2, 0.25) is 0 Å². The highest BCUT2D eigenvalue weighted by molar-refractivity contribution is 6.33. The minimum Gasteiger partial charge on any atom is -0.366 e. The Morgan fingerprint density at radius 1 is 1.32 bits per heavy atom. The van der Waals surface area contributed by atoms with Crippen LogP contribution in [0.3, 0.4) is 0 Å². The van der Waals surface area contributed by atoms with E-state index in [0.717, 1.165) is 48.8 Å². The molecular weight excluding hydrogens is 382 g/mol. The zero-order valence-electron chi connectivity index (χ0n) is 19.6. The van der Waals surface area contributed by atoms with E-state index in [2.05, 4.69) is 75.3 Å². The third kappa shape index (κ3) is 3.55. The van der Waals surface area contributed by atoms with Crippen LogP contribution in [0.15, 0.2) is 49.3 Å². The lowest BCUT2D eigenvalue weighted by Crippen LogP contribution is -2.52. The summed E-state index contributed by atoms with van der Waals surface area (Å²) in [5, 5.41) is 3.07. The summed E-state index contributed by atoms with van der Waals surface area (Å²) in [6.07, 6.45) is 8.07. The number of carbonyl (C=O) groups is 1. The molecule has 1 N–H and O–H groups in total. The summed E-state index contributed by atoms with van der Waals surface area (Å²) in [6.45, 7) is 19.2. The van der Waals surface area contributed by atoms with Crippen LogP contribution in [0, 0.1) is 11.8 Å². The summed E-state index contributed by atoms with van der Waals surface area (Å²) in [7, 11) is 0. The average molecular weight is 420 g/mol. The molecule has 1 aliphatic carbocycles. The molecule has 1 fully saturated rings. The molecule has 2 heterocycles. The molecule has 166 valence electrons. The average Bonchev–Trinajstić information content (AvgIpc) is 3.03. The van der Waals surface area contributed by atoms with Crippen LogP contribution in [0.1, 0.15) is 64.5 Å². The van der Waals surface area contributed by atoms with Crippen LogP contribution >= 0.6 is 0 Å². The molecular formula is C27H37N3O. The van der Waals surface area contributed by atoms with Crippen molar-refractivity contribution in [3.8, 4) is 0 Å².